The molecule has 30 heavy (non-hydrogen) atoms. The van der Waals surface area contributed by atoms with Crippen LogP contribution in [0.4, 0.5) is 0 Å². The Morgan fingerprint density at radius 1 is 0.867 bits per heavy atom. The summed E-state index contributed by atoms with van der Waals surface area (Å²) in [5.74, 6) is -1.67. The number of hydrogen-bond acceptors (Lipinski definition) is 4. The number of rotatable bonds is 8. The topological polar surface area (TPSA) is 84.5 Å². The number of carbonyl (C=O) groups excluding carboxylic acids is 3. The second-order valence-corrected chi connectivity index (χ2v) is 7.77. The molecule has 0 heterocycles. The summed E-state index contributed by atoms with van der Waals surface area (Å²) in [6.45, 7) is 0.219. The summed E-state index contributed by atoms with van der Waals surface area (Å²) in [5.41, 5.74) is 0.239. The minimum atomic E-state index is -0.948. The number of carbonyl (C=O) groups is 3. The van der Waals surface area contributed by atoms with Crippen LogP contribution in [0.2, 0.25) is 20.1 Å². The van der Waals surface area contributed by atoms with E-state index in [1.807, 2.05) is 0 Å². The van der Waals surface area contributed by atoms with Crippen LogP contribution in [0.25, 0.3) is 0 Å². The smallest absolute Gasteiger partial charge is 0.328 e. The maximum absolute atomic E-state index is 12.5. The zero-order valence-electron chi connectivity index (χ0n) is 15.8. The maximum atomic E-state index is 12.5. The molecule has 2 aromatic carbocycles. The number of methoxy groups -OCH3 is 1. The highest BCUT2D eigenvalue weighted by molar-refractivity contribution is 6.40. The summed E-state index contributed by atoms with van der Waals surface area (Å²) >= 11 is 24.1. The quantitative estimate of drug-likeness (QED) is 0.411. The Bertz CT molecular complexity index is 912. The first-order chi connectivity index (χ1) is 14.3. The van der Waals surface area contributed by atoms with Crippen LogP contribution in [-0.2, 0) is 9.53 Å². The van der Waals surface area contributed by atoms with Crippen molar-refractivity contribution in [3.05, 3.63) is 67.6 Å². The van der Waals surface area contributed by atoms with Crippen molar-refractivity contribution in [2.24, 2.45) is 0 Å². The third kappa shape index (κ3) is 6.25. The van der Waals surface area contributed by atoms with E-state index in [9.17, 15) is 14.4 Å². The number of esters is 1. The average Bonchev–Trinajstić information content (AvgIpc) is 2.69. The van der Waals surface area contributed by atoms with Crippen molar-refractivity contribution < 1.29 is 19.1 Å². The molecule has 0 spiro atoms. The molecule has 2 aromatic rings. The van der Waals surface area contributed by atoms with Crippen molar-refractivity contribution in [3.8, 4) is 0 Å². The number of nitrogens with one attached hydrogen (secondary N) is 2. The molecule has 2 amide bonds. The zero-order valence-corrected chi connectivity index (χ0v) is 18.8. The van der Waals surface area contributed by atoms with Crippen LogP contribution >= 0.6 is 46.4 Å². The van der Waals surface area contributed by atoms with E-state index in [1.54, 1.807) is 24.3 Å². The van der Waals surface area contributed by atoms with Gasteiger partial charge in [0.15, 0.2) is 0 Å². The van der Waals surface area contributed by atoms with Gasteiger partial charge in [0, 0.05) is 6.54 Å². The predicted octanol–water partition coefficient (Wildman–Crippen LogP) is 4.78. The second-order valence-electron chi connectivity index (χ2n) is 6.14. The lowest BCUT2D eigenvalue weighted by atomic mass is 10.1. The van der Waals surface area contributed by atoms with Crippen molar-refractivity contribution in [2.75, 3.05) is 13.7 Å². The van der Waals surface area contributed by atoms with Gasteiger partial charge in [-0.2, -0.15) is 0 Å². The van der Waals surface area contributed by atoms with E-state index < -0.39 is 23.8 Å². The van der Waals surface area contributed by atoms with Crippen LogP contribution in [0, 0.1) is 0 Å². The highest BCUT2D eigenvalue weighted by Gasteiger charge is 2.24. The largest absolute Gasteiger partial charge is 0.467 e. The van der Waals surface area contributed by atoms with Gasteiger partial charge in [-0.15, -0.1) is 0 Å². The average molecular weight is 492 g/mol. The molecule has 0 saturated carbocycles. The molecule has 2 rings (SSSR count). The van der Waals surface area contributed by atoms with Crippen molar-refractivity contribution in [1.82, 2.24) is 10.6 Å². The van der Waals surface area contributed by atoms with Gasteiger partial charge in [0.2, 0.25) is 0 Å². The molecular formula is C20H18Cl4N2O4. The fourth-order valence-corrected chi connectivity index (χ4v) is 3.79. The fraction of sp³-hybridized carbons (Fsp3) is 0.250. The SMILES string of the molecule is COC(=O)C(CCCNC(=O)c1c(Cl)cccc1Cl)NC(=O)c1c(Cl)cccc1Cl. The second kappa shape index (κ2) is 11.4. The summed E-state index contributed by atoms with van der Waals surface area (Å²) in [5, 5.41) is 6.03. The highest BCUT2D eigenvalue weighted by atomic mass is 35.5. The number of ether oxygens (including phenoxy) is 1. The lowest BCUT2D eigenvalue weighted by Gasteiger charge is -2.17. The molecule has 0 aliphatic carbocycles. The Morgan fingerprint density at radius 2 is 1.33 bits per heavy atom. The summed E-state index contributed by atoms with van der Waals surface area (Å²) in [7, 11) is 1.21. The van der Waals surface area contributed by atoms with Crippen molar-refractivity contribution >= 4 is 64.2 Å². The third-order valence-corrected chi connectivity index (χ3v) is 5.39. The molecule has 2 N–H and O–H groups in total. The normalized spacial score (nSPS) is 11.5. The molecule has 6 nitrogen and oxygen atoms in total. The number of amides is 2. The Balaban J connectivity index is 1.96. The lowest BCUT2D eigenvalue weighted by Crippen LogP contribution is -2.42. The van der Waals surface area contributed by atoms with E-state index in [1.165, 1.54) is 19.2 Å². The van der Waals surface area contributed by atoms with Crippen molar-refractivity contribution in [3.63, 3.8) is 0 Å². The van der Waals surface area contributed by atoms with Gasteiger partial charge in [-0.3, -0.25) is 9.59 Å². The Kier molecular flexibility index (Phi) is 9.24. The third-order valence-electron chi connectivity index (χ3n) is 4.13. The van der Waals surface area contributed by atoms with Gasteiger partial charge in [0.05, 0.1) is 38.3 Å². The van der Waals surface area contributed by atoms with E-state index in [0.717, 1.165) is 0 Å². The Hall–Kier alpha value is -1.99. The van der Waals surface area contributed by atoms with E-state index in [4.69, 9.17) is 51.1 Å². The van der Waals surface area contributed by atoms with Gasteiger partial charge in [0.1, 0.15) is 6.04 Å². The van der Waals surface area contributed by atoms with Crippen LogP contribution < -0.4 is 10.6 Å². The highest BCUT2D eigenvalue weighted by Crippen LogP contribution is 2.25. The first-order valence-corrected chi connectivity index (χ1v) is 10.3. The number of benzene rings is 2. The molecule has 0 aliphatic heterocycles. The van der Waals surface area contributed by atoms with Gasteiger partial charge >= 0.3 is 5.97 Å². The van der Waals surface area contributed by atoms with E-state index >= 15 is 0 Å². The van der Waals surface area contributed by atoms with Crippen molar-refractivity contribution in [2.45, 2.75) is 18.9 Å². The molecule has 1 unspecified atom stereocenters. The summed E-state index contributed by atoms with van der Waals surface area (Å²) in [6.07, 6.45) is 0.571. The first-order valence-electron chi connectivity index (χ1n) is 8.81. The predicted molar refractivity (Wildman–Crippen MR) is 118 cm³/mol. The molecule has 160 valence electrons. The molecular weight excluding hydrogens is 474 g/mol. The fourth-order valence-electron chi connectivity index (χ4n) is 2.65. The van der Waals surface area contributed by atoms with Crippen LogP contribution in [-0.4, -0.2) is 37.5 Å². The van der Waals surface area contributed by atoms with Gasteiger partial charge in [0.25, 0.3) is 11.8 Å². The van der Waals surface area contributed by atoms with E-state index in [2.05, 4.69) is 10.6 Å². The summed E-state index contributed by atoms with van der Waals surface area (Å²) in [6, 6.07) is 8.45. The molecule has 1 atom stereocenters. The Labute approximate surface area is 193 Å². The molecule has 0 aliphatic rings. The van der Waals surface area contributed by atoms with Gasteiger partial charge in [-0.1, -0.05) is 58.5 Å². The van der Waals surface area contributed by atoms with Crippen LogP contribution in [0.3, 0.4) is 0 Å². The molecule has 0 saturated heterocycles. The summed E-state index contributed by atoms with van der Waals surface area (Å²) in [4.78, 5) is 36.9. The van der Waals surface area contributed by atoms with Crippen LogP contribution in [0.15, 0.2) is 36.4 Å². The van der Waals surface area contributed by atoms with Crippen molar-refractivity contribution in [1.29, 1.82) is 0 Å². The molecule has 0 aromatic heterocycles. The zero-order chi connectivity index (χ0) is 22.3. The number of hydrogen-bond donors (Lipinski definition) is 2. The van der Waals surface area contributed by atoms with Crippen LogP contribution in [0.5, 0.6) is 0 Å². The van der Waals surface area contributed by atoms with E-state index in [0.29, 0.717) is 6.42 Å². The van der Waals surface area contributed by atoms with E-state index in [-0.39, 0.29) is 44.2 Å². The standard InChI is InChI=1S/C20H18Cl4N2O4/c1-30-20(29)15(26-19(28)17-13(23)7-3-8-14(17)24)9-4-10-25-18(27)16-11(21)5-2-6-12(16)22/h2-3,5-8,15H,4,9-10H2,1H3,(H,25,27)(H,26,28). The van der Waals surface area contributed by atoms with Gasteiger partial charge < -0.3 is 15.4 Å². The molecule has 0 bridgehead atoms. The molecule has 10 heteroatoms. The first kappa shape index (κ1) is 24.3. The van der Waals surface area contributed by atoms with Gasteiger partial charge in [-0.25, -0.2) is 4.79 Å². The summed E-state index contributed by atoms with van der Waals surface area (Å²) < 4.78 is 4.75. The minimum Gasteiger partial charge on any atom is -0.467 e. The molecule has 0 fully saturated rings. The van der Waals surface area contributed by atoms with Gasteiger partial charge in [-0.05, 0) is 37.1 Å². The number of halogens is 4. The minimum absolute atomic E-state index is 0.0661. The Morgan fingerprint density at radius 3 is 1.80 bits per heavy atom. The monoisotopic (exact) mass is 490 g/mol. The molecule has 0 radical (unpaired) electrons. The van der Waals surface area contributed by atoms with Crippen LogP contribution in [0.1, 0.15) is 33.6 Å². The maximum Gasteiger partial charge on any atom is 0.328 e. The lowest BCUT2D eigenvalue weighted by molar-refractivity contribution is -0.143.